The lowest BCUT2D eigenvalue weighted by Gasteiger charge is -2.02. The zero-order valence-corrected chi connectivity index (χ0v) is 9.72. The van der Waals surface area contributed by atoms with Crippen molar-refractivity contribution in [2.45, 2.75) is 13.2 Å². The monoisotopic (exact) mass is 247 g/mol. The molecule has 0 atom stereocenters. The van der Waals surface area contributed by atoms with Crippen molar-refractivity contribution in [3.63, 3.8) is 0 Å². The molecule has 0 spiro atoms. The molecule has 2 rings (SSSR count). The molecule has 1 aromatic heterocycles. The number of aromatic nitrogens is 2. The van der Waals surface area contributed by atoms with Crippen molar-refractivity contribution in [3.8, 4) is 17.2 Å². The lowest BCUT2D eigenvalue weighted by Crippen LogP contribution is -1.94. The Morgan fingerprint density at radius 3 is 2.88 bits per heavy atom. The van der Waals surface area contributed by atoms with Crippen molar-refractivity contribution < 1.29 is 5.11 Å². The molecule has 0 bridgehead atoms. The van der Waals surface area contributed by atoms with E-state index in [9.17, 15) is 0 Å². The van der Waals surface area contributed by atoms with Crippen molar-refractivity contribution in [3.05, 3.63) is 41.2 Å². The van der Waals surface area contributed by atoms with Gasteiger partial charge in [-0.25, -0.2) is 0 Å². The molecule has 4 nitrogen and oxygen atoms in total. The van der Waals surface area contributed by atoms with Gasteiger partial charge in [-0.2, -0.15) is 10.4 Å². The predicted molar refractivity (Wildman–Crippen MR) is 64.2 cm³/mol. The molecule has 1 aromatic carbocycles. The van der Waals surface area contributed by atoms with E-state index >= 15 is 0 Å². The molecule has 0 amide bonds. The summed E-state index contributed by atoms with van der Waals surface area (Å²) < 4.78 is 1.56. The second-order valence-electron chi connectivity index (χ2n) is 3.55. The number of aliphatic hydroxyl groups is 1. The van der Waals surface area contributed by atoms with E-state index in [1.54, 1.807) is 29.2 Å². The highest BCUT2D eigenvalue weighted by molar-refractivity contribution is 6.31. The van der Waals surface area contributed by atoms with Gasteiger partial charge in [-0.15, -0.1) is 0 Å². The summed E-state index contributed by atoms with van der Waals surface area (Å²) in [4.78, 5) is 0. The zero-order valence-electron chi connectivity index (χ0n) is 8.97. The Labute approximate surface area is 104 Å². The van der Waals surface area contributed by atoms with Crippen LogP contribution in [-0.2, 0) is 13.2 Å². The number of hydrogen-bond acceptors (Lipinski definition) is 3. The molecule has 0 saturated heterocycles. The Morgan fingerprint density at radius 2 is 2.24 bits per heavy atom. The Balaban J connectivity index is 2.33. The molecule has 0 aliphatic rings. The number of rotatable bonds is 3. The van der Waals surface area contributed by atoms with Gasteiger partial charge in [0.15, 0.2) is 0 Å². The molecule has 0 saturated carbocycles. The first-order chi connectivity index (χ1) is 8.24. The minimum Gasteiger partial charge on any atom is -0.392 e. The Hall–Kier alpha value is -1.83. The van der Waals surface area contributed by atoms with E-state index in [0.717, 1.165) is 11.1 Å². The summed E-state index contributed by atoms with van der Waals surface area (Å²) in [6.45, 7) is 0.148. The summed E-state index contributed by atoms with van der Waals surface area (Å²) in [6, 6.07) is 7.44. The summed E-state index contributed by atoms with van der Waals surface area (Å²) in [6.07, 6.45) is 3.47. The highest BCUT2D eigenvalue weighted by Gasteiger charge is 2.05. The van der Waals surface area contributed by atoms with Crippen LogP contribution in [0.15, 0.2) is 30.6 Å². The highest BCUT2D eigenvalue weighted by atomic mass is 35.5. The first kappa shape index (κ1) is 11.6. The second-order valence-corrected chi connectivity index (χ2v) is 3.96. The fraction of sp³-hybridized carbons (Fsp3) is 0.167. The van der Waals surface area contributed by atoms with E-state index in [-0.39, 0.29) is 13.2 Å². The number of aliphatic hydroxyl groups excluding tert-OH is 1. The molecule has 1 heterocycles. The van der Waals surface area contributed by atoms with Crippen LogP contribution in [0.3, 0.4) is 0 Å². The van der Waals surface area contributed by atoms with E-state index < -0.39 is 0 Å². The van der Waals surface area contributed by atoms with Crippen LogP contribution < -0.4 is 0 Å². The molecular weight excluding hydrogens is 238 g/mol. The maximum atomic E-state index is 9.02. The molecule has 17 heavy (non-hydrogen) atoms. The van der Waals surface area contributed by atoms with Crippen LogP contribution >= 0.6 is 11.6 Å². The van der Waals surface area contributed by atoms with Gasteiger partial charge in [0.1, 0.15) is 6.54 Å². The van der Waals surface area contributed by atoms with Gasteiger partial charge in [0.05, 0.1) is 18.9 Å². The molecule has 86 valence electrons. The topological polar surface area (TPSA) is 61.8 Å². The molecule has 0 aliphatic heterocycles. The van der Waals surface area contributed by atoms with Crippen LogP contribution in [0.25, 0.3) is 11.1 Å². The van der Waals surface area contributed by atoms with Gasteiger partial charge in [0.2, 0.25) is 0 Å². The summed E-state index contributed by atoms with van der Waals surface area (Å²) in [5.74, 6) is 0. The first-order valence-corrected chi connectivity index (χ1v) is 5.41. The van der Waals surface area contributed by atoms with Crippen LogP contribution in [0.5, 0.6) is 0 Å². The molecule has 1 N–H and O–H groups in total. The summed E-state index contributed by atoms with van der Waals surface area (Å²) in [5.41, 5.74) is 2.50. The van der Waals surface area contributed by atoms with Gasteiger partial charge in [0, 0.05) is 16.8 Å². The number of nitrogens with zero attached hydrogens (tertiary/aromatic N) is 3. The minimum atomic E-state index is -0.0766. The smallest absolute Gasteiger partial charge is 0.128 e. The molecule has 2 aromatic rings. The molecule has 0 aliphatic carbocycles. The quantitative estimate of drug-likeness (QED) is 0.905. The fourth-order valence-electron chi connectivity index (χ4n) is 1.53. The summed E-state index contributed by atoms with van der Waals surface area (Å²) in [7, 11) is 0. The average Bonchev–Trinajstić information content (AvgIpc) is 2.78. The van der Waals surface area contributed by atoms with Gasteiger partial charge in [-0.05, 0) is 17.2 Å². The van der Waals surface area contributed by atoms with Crippen LogP contribution in [0.1, 0.15) is 5.56 Å². The third-order valence-electron chi connectivity index (χ3n) is 2.42. The van der Waals surface area contributed by atoms with Crippen molar-refractivity contribution in [2.75, 3.05) is 0 Å². The Morgan fingerprint density at radius 1 is 1.41 bits per heavy atom. The van der Waals surface area contributed by atoms with Gasteiger partial charge in [-0.3, -0.25) is 4.68 Å². The lowest BCUT2D eigenvalue weighted by atomic mass is 10.1. The first-order valence-electron chi connectivity index (χ1n) is 5.03. The maximum Gasteiger partial charge on any atom is 0.128 e. The number of hydrogen-bond donors (Lipinski definition) is 1. The standard InChI is InChI=1S/C12H10ClN3O/c13-12-5-9(1-2-10(12)8-17)11-6-15-16(7-11)4-3-14/h1-2,5-7,17H,4,8H2. The molecular formula is C12H10ClN3O. The van der Waals surface area contributed by atoms with Gasteiger partial charge in [-0.1, -0.05) is 23.7 Å². The normalized spacial score (nSPS) is 10.2. The summed E-state index contributed by atoms with van der Waals surface area (Å²) >= 11 is 6.01. The largest absolute Gasteiger partial charge is 0.392 e. The van der Waals surface area contributed by atoms with Gasteiger partial charge in [0.25, 0.3) is 0 Å². The third-order valence-corrected chi connectivity index (χ3v) is 2.77. The maximum absolute atomic E-state index is 9.02. The van der Waals surface area contributed by atoms with Crippen LogP contribution in [0.2, 0.25) is 5.02 Å². The summed E-state index contributed by atoms with van der Waals surface area (Å²) in [5, 5.41) is 22.2. The van der Waals surface area contributed by atoms with Crippen LogP contribution in [0.4, 0.5) is 0 Å². The predicted octanol–water partition coefficient (Wildman–Crippen LogP) is 2.22. The van der Waals surface area contributed by atoms with Gasteiger partial charge < -0.3 is 5.11 Å². The van der Waals surface area contributed by atoms with E-state index in [1.165, 1.54) is 0 Å². The lowest BCUT2D eigenvalue weighted by molar-refractivity contribution is 0.282. The van der Waals surface area contributed by atoms with E-state index in [0.29, 0.717) is 10.6 Å². The minimum absolute atomic E-state index is 0.0766. The fourth-order valence-corrected chi connectivity index (χ4v) is 1.77. The van der Waals surface area contributed by atoms with E-state index in [4.69, 9.17) is 22.0 Å². The molecule has 0 radical (unpaired) electrons. The molecule has 0 fully saturated rings. The van der Waals surface area contributed by atoms with Crippen molar-refractivity contribution in [1.82, 2.24) is 9.78 Å². The molecule has 0 unspecified atom stereocenters. The zero-order chi connectivity index (χ0) is 12.3. The third kappa shape index (κ3) is 2.47. The van der Waals surface area contributed by atoms with E-state index in [2.05, 4.69) is 5.10 Å². The van der Waals surface area contributed by atoms with Crippen molar-refractivity contribution in [2.24, 2.45) is 0 Å². The molecule has 5 heteroatoms. The van der Waals surface area contributed by atoms with Crippen molar-refractivity contribution in [1.29, 1.82) is 5.26 Å². The van der Waals surface area contributed by atoms with Gasteiger partial charge >= 0.3 is 0 Å². The van der Waals surface area contributed by atoms with E-state index in [1.807, 2.05) is 12.1 Å². The highest BCUT2D eigenvalue weighted by Crippen LogP contribution is 2.25. The number of halogens is 1. The average molecular weight is 248 g/mol. The number of nitriles is 1. The van der Waals surface area contributed by atoms with Crippen molar-refractivity contribution >= 4 is 11.6 Å². The van der Waals surface area contributed by atoms with Crippen LogP contribution in [-0.4, -0.2) is 14.9 Å². The SMILES string of the molecule is N#CCn1cc(-c2ccc(CO)c(Cl)c2)cn1. The Bertz CT molecular complexity index is 571. The Kier molecular flexibility index (Phi) is 3.43. The number of benzene rings is 1. The second kappa shape index (κ2) is 5.00. The van der Waals surface area contributed by atoms with Crippen LogP contribution in [0, 0.1) is 11.3 Å².